The van der Waals surface area contributed by atoms with Gasteiger partial charge in [0.25, 0.3) is 0 Å². The predicted molar refractivity (Wildman–Crippen MR) is 118 cm³/mol. The van der Waals surface area contributed by atoms with E-state index in [1.54, 1.807) is 11.8 Å². The number of methoxy groups -OCH3 is 1. The maximum atomic E-state index is 13.5. The number of carbonyl (C=O) groups excluding carboxylic acids is 2. The van der Waals surface area contributed by atoms with Crippen LogP contribution in [0.25, 0.3) is 0 Å². The lowest BCUT2D eigenvalue weighted by atomic mass is 9.66. The Kier molecular flexibility index (Phi) is 4.85. The van der Waals surface area contributed by atoms with Crippen molar-refractivity contribution in [1.29, 1.82) is 0 Å². The largest absolute Gasteiger partial charge is 0.469 e. The number of ketones is 1. The fourth-order valence-electron chi connectivity index (χ4n) is 6.94. The van der Waals surface area contributed by atoms with Crippen LogP contribution in [-0.4, -0.2) is 48.4 Å². The first-order valence-electron chi connectivity index (χ1n) is 11.5. The molecule has 0 unspecified atom stereocenters. The molecular formula is C25H28O6S. The maximum absolute atomic E-state index is 13.5. The number of benzene rings is 1. The summed E-state index contributed by atoms with van der Waals surface area (Å²) in [6.45, 7) is 1.18. The SMILES string of the molecule is COC(=O)[C@H]1[C@H]2C(=O)CC[C@H]3[C@@H](CCC34OCCO4)[C@@]23C=C[C@@]1(SCc1ccccc1)O3. The molecule has 6 rings (SSSR count). The van der Waals surface area contributed by atoms with Crippen molar-refractivity contribution in [3.05, 3.63) is 48.0 Å². The van der Waals surface area contributed by atoms with Gasteiger partial charge in [0.05, 0.1) is 26.2 Å². The van der Waals surface area contributed by atoms with Crippen LogP contribution < -0.4 is 0 Å². The van der Waals surface area contributed by atoms with Crippen LogP contribution in [0, 0.1) is 23.7 Å². The summed E-state index contributed by atoms with van der Waals surface area (Å²) in [5.41, 5.74) is 0.344. The molecule has 5 aliphatic rings. The smallest absolute Gasteiger partial charge is 0.313 e. The van der Waals surface area contributed by atoms with Crippen LogP contribution in [0.5, 0.6) is 0 Å². The van der Waals surface area contributed by atoms with E-state index in [2.05, 4.69) is 18.2 Å². The van der Waals surface area contributed by atoms with E-state index < -0.39 is 28.2 Å². The summed E-state index contributed by atoms with van der Waals surface area (Å²) in [7, 11) is 1.40. The summed E-state index contributed by atoms with van der Waals surface area (Å²) < 4.78 is 24.4. The molecule has 0 radical (unpaired) electrons. The maximum Gasteiger partial charge on any atom is 0.313 e. The van der Waals surface area contributed by atoms with Gasteiger partial charge < -0.3 is 18.9 Å². The summed E-state index contributed by atoms with van der Waals surface area (Å²) >= 11 is 1.58. The van der Waals surface area contributed by atoms with Gasteiger partial charge in [0.15, 0.2) is 5.79 Å². The minimum atomic E-state index is -0.904. The van der Waals surface area contributed by atoms with E-state index in [0.29, 0.717) is 31.8 Å². The highest BCUT2D eigenvalue weighted by atomic mass is 32.2. The Morgan fingerprint density at radius 1 is 1.12 bits per heavy atom. The van der Waals surface area contributed by atoms with E-state index in [4.69, 9.17) is 18.9 Å². The normalized spacial score (nSPS) is 41.0. The Hall–Kier alpha value is -1.67. The lowest BCUT2D eigenvalue weighted by Crippen LogP contribution is -2.49. The Morgan fingerprint density at radius 2 is 1.91 bits per heavy atom. The van der Waals surface area contributed by atoms with Crippen LogP contribution in [0.3, 0.4) is 0 Å². The lowest BCUT2D eigenvalue weighted by Gasteiger charge is -2.39. The zero-order valence-corrected chi connectivity index (χ0v) is 19.0. The van der Waals surface area contributed by atoms with Gasteiger partial charge in [-0.1, -0.05) is 36.4 Å². The van der Waals surface area contributed by atoms with Crippen LogP contribution >= 0.6 is 11.8 Å². The summed E-state index contributed by atoms with van der Waals surface area (Å²) in [6, 6.07) is 10.1. The van der Waals surface area contributed by atoms with Crippen molar-refractivity contribution in [2.24, 2.45) is 23.7 Å². The number of hydrogen-bond donors (Lipinski definition) is 0. The van der Waals surface area contributed by atoms with Crippen molar-refractivity contribution in [2.45, 2.75) is 47.8 Å². The third-order valence-electron chi connectivity index (χ3n) is 8.19. The highest BCUT2D eigenvalue weighted by Crippen LogP contribution is 2.67. The topological polar surface area (TPSA) is 71.1 Å². The van der Waals surface area contributed by atoms with Gasteiger partial charge in [0, 0.05) is 30.4 Å². The quantitative estimate of drug-likeness (QED) is 0.507. The Balaban J connectivity index is 1.39. The van der Waals surface area contributed by atoms with Crippen LogP contribution in [-0.2, 0) is 34.3 Å². The van der Waals surface area contributed by atoms with E-state index in [1.807, 2.05) is 24.3 Å². The molecule has 170 valence electrons. The predicted octanol–water partition coefficient (Wildman–Crippen LogP) is 3.49. The zero-order valence-electron chi connectivity index (χ0n) is 18.2. The molecule has 3 aliphatic heterocycles. The molecule has 2 saturated heterocycles. The molecular weight excluding hydrogens is 428 g/mol. The number of hydrogen-bond acceptors (Lipinski definition) is 7. The van der Waals surface area contributed by atoms with Crippen LogP contribution in [0.2, 0.25) is 0 Å². The second kappa shape index (κ2) is 7.42. The number of fused-ring (bicyclic) bond motifs is 3. The molecule has 7 heteroatoms. The Morgan fingerprint density at radius 3 is 2.66 bits per heavy atom. The van der Waals surface area contributed by atoms with Gasteiger partial charge in [0.2, 0.25) is 0 Å². The molecule has 1 aromatic carbocycles. The number of thioether (sulfide) groups is 1. The minimum absolute atomic E-state index is 0.0714. The minimum Gasteiger partial charge on any atom is -0.469 e. The van der Waals surface area contributed by atoms with Crippen LogP contribution in [0.1, 0.15) is 31.2 Å². The molecule has 1 aromatic rings. The molecule has 0 aromatic heterocycles. The van der Waals surface area contributed by atoms with Crippen LogP contribution in [0.15, 0.2) is 42.5 Å². The molecule has 3 heterocycles. The van der Waals surface area contributed by atoms with Crippen molar-refractivity contribution < 1.29 is 28.5 Å². The van der Waals surface area contributed by atoms with E-state index in [1.165, 1.54) is 7.11 Å². The third-order valence-corrected chi connectivity index (χ3v) is 9.59. The van der Waals surface area contributed by atoms with Crippen molar-refractivity contribution in [3.63, 3.8) is 0 Å². The van der Waals surface area contributed by atoms with Gasteiger partial charge in [-0.15, -0.1) is 11.8 Å². The molecule has 0 N–H and O–H groups in total. The zero-order chi connectivity index (χ0) is 22.0. The van der Waals surface area contributed by atoms with E-state index in [9.17, 15) is 9.59 Å². The number of Topliss-reactive ketones (excluding diaryl/α,β-unsaturated/α-hetero) is 1. The average Bonchev–Trinajstić information content (AvgIpc) is 3.57. The molecule has 32 heavy (non-hydrogen) atoms. The average molecular weight is 457 g/mol. The van der Waals surface area contributed by atoms with Crippen molar-refractivity contribution in [1.82, 2.24) is 0 Å². The van der Waals surface area contributed by atoms with Gasteiger partial charge in [-0.2, -0.15) is 0 Å². The van der Waals surface area contributed by atoms with Crippen molar-refractivity contribution in [3.8, 4) is 0 Å². The first-order valence-corrected chi connectivity index (χ1v) is 12.5. The van der Waals surface area contributed by atoms with Gasteiger partial charge in [0.1, 0.15) is 22.2 Å². The Bertz CT molecular complexity index is 956. The molecule has 2 bridgehead atoms. The van der Waals surface area contributed by atoms with Gasteiger partial charge in [-0.3, -0.25) is 9.59 Å². The summed E-state index contributed by atoms with van der Waals surface area (Å²) in [6.07, 6.45) is 6.88. The molecule has 0 amide bonds. The fraction of sp³-hybridized carbons (Fsp3) is 0.600. The van der Waals surface area contributed by atoms with Gasteiger partial charge in [-0.25, -0.2) is 0 Å². The summed E-state index contributed by atoms with van der Waals surface area (Å²) in [5.74, 6) is -1.24. The highest BCUT2D eigenvalue weighted by Gasteiger charge is 2.75. The molecule has 6 nitrogen and oxygen atoms in total. The molecule has 4 fully saturated rings. The highest BCUT2D eigenvalue weighted by molar-refractivity contribution is 8.00. The number of ether oxygens (including phenoxy) is 4. The van der Waals surface area contributed by atoms with E-state index in [-0.39, 0.29) is 23.6 Å². The molecule has 6 atom stereocenters. The molecule has 2 saturated carbocycles. The first-order chi connectivity index (χ1) is 15.5. The standard InChI is InChI=1S/C25H28O6S/c1-28-22(27)21-20-19(26)8-7-18-17(9-10-24(18)29-13-14-30-24)23(20)11-12-25(21,31-23)32-15-16-5-3-2-4-6-16/h2-6,11-12,17-18,20-21H,7-10,13-15H2,1H3/t17-,18+,20-,21-,23+,25+/m1/s1. The van der Waals surface area contributed by atoms with Crippen molar-refractivity contribution in [2.75, 3.05) is 20.3 Å². The monoisotopic (exact) mass is 456 g/mol. The lowest BCUT2D eigenvalue weighted by molar-refractivity contribution is -0.195. The first kappa shape index (κ1) is 20.9. The van der Waals surface area contributed by atoms with Crippen molar-refractivity contribution >= 4 is 23.5 Å². The van der Waals surface area contributed by atoms with Crippen LogP contribution in [0.4, 0.5) is 0 Å². The number of rotatable bonds is 4. The van der Waals surface area contributed by atoms with Gasteiger partial charge in [-0.05, 0) is 24.5 Å². The second-order valence-electron chi connectivity index (χ2n) is 9.53. The summed E-state index contributed by atoms with van der Waals surface area (Å²) in [4.78, 5) is 25.8. The number of carbonyl (C=O) groups is 2. The second-order valence-corrected chi connectivity index (χ2v) is 10.7. The Labute approximate surface area is 192 Å². The van der Waals surface area contributed by atoms with E-state index in [0.717, 1.165) is 18.4 Å². The third kappa shape index (κ3) is 2.77. The summed E-state index contributed by atoms with van der Waals surface area (Å²) in [5, 5.41) is 0. The fourth-order valence-corrected chi connectivity index (χ4v) is 8.31. The molecule has 2 aliphatic carbocycles. The number of esters is 1. The van der Waals surface area contributed by atoms with Gasteiger partial charge >= 0.3 is 5.97 Å². The van der Waals surface area contributed by atoms with E-state index >= 15 is 0 Å². The molecule has 2 spiro atoms.